The van der Waals surface area contributed by atoms with E-state index in [0.717, 1.165) is 25.3 Å². The van der Waals surface area contributed by atoms with E-state index in [1.807, 2.05) is 12.1 Å². The lowest BCUT2D eigenvalue weighted by molar-refractivity contribution is 0.139. The summed E-state index contributed by atoms with van der Waals surface area (Å²) in [5, 5.41) is 8.10. The molecule has 5 heteroatoms. The topological polar surface area (TPSA) is 56.4 Å². The quantitative estimate of drug-likeness (QED) is 0.645. The van der Waals surface area contributed by atoms with Crippen molar-refractivity contribution in [1.29, 1.82) is 5.41 Å². The normalized spacial score (nSPS) is 19.5. The average Bonchev–Trinajstić information content (AvgIpc) is 2.32. The first-order valence-corrected chi connectivity index (χ1v) is 6.79. The van der Waals surface area contributed by atoms with Crippen LogP contribution in [0.3, 0.4) is 0 Å². The molecule has 0 amide bonds. The molecular formula is C14H21ClN4. The Labute approximate surface area is 119 Å². The summed E-state index contributed by atoms with van der Waals surface area (Å²) < 4.78 is 0. The number of nitrogens with zero attached hydrogens (tertiary/aromatic N) is 2. The lowest BCUT2D eigenvalue weighted by Crippen LogP contribution is -2.57. The number of nitrogens with two attached hydrogens (primary N) is 1. The Balaban J connectivity index is 2.26. The Morgan fingerprint density at radius 2 is 2.05 bits per heavy atom. The zero-order chi connectivity index (χ0) is 14.2. The number of likely N-dealkylation sites (N-methyl/N-ethyl adjacent to an activating group) is 1. The fourth-order valence-corrected chi connectivity index (χ4v) is 2.68. The molecule has 0 atom stereocenters. The number of amidine groups is 1. The number of rotatable bonds is 2. The van der Waals surface area contributed by atoms with Gasteiger partial charge in [-0.2, -0.15) is 0 Å². The van der Waals surface area contributed by atoms with Crippen LogP contribution in [0.2, 0.25) is 5.02 Å². The largest absolute Gasteiger partial charge is 0.384 e. The van der Waals surface area contributed by atoms with E-state index in [9.17, 15) is 0 Å². The van der Waals surface area contributed by atoms with Crippen LogP contribution in [0.4, 0.5) is 5.69 Å². The molecule has 4 nitrogen and oxygen atoms in total. The Kier molecular flexibility index (Phi) is 3.74. The van der Waals surface area contributed by atoms with Crippen molar-refractivity contribution in [2.75, 3.05) is 31.6 Å². The molecular weight excluding hydrogens is 260 g/mol. The average molecular weight is 281 g/mol. The van der Waals surface area contributed by atoms with Crippen molar-refractivity contribution in [2.45, 2.75) is 19.4 Å². The van der Waals surface area contributed by atoms with Gasteiger partial charge in [0.1, 0.15) is 5.84 Å². The van der Waals surface area contributed by atoms with Crippen molar-refractivity contribution < 1.29 is 0 Å². The van der Waals surface area contributed by atoms with E-state index in [1.54, 1.807) is 6.07 Å². The van der Waals surface area contributed by atoms with Crippen LogP contribution in [0.25, 0.3) is 0 Å². The highest BCUT2D eigenvalue weighted by Gasteiger charge is 2.31. The van der Waals surface area contributed by atoms with Crippen molar-refractivity contribution in [3.05, 3.63) is 28.8 Å². The van der Waals surface area contributed by atoms with E-state index >= 15 is 0 Å². The van der Waals surface area contributed by atoms with Crippen molar-refractivity contribution in [2.24, 2.45) is 5.73 Å². The van der Waals surface area contributed by atoms with Crippen molar-refractivity contribution in [3.8, 4) is 0 Å². The third kappa shape index (κ3) is 2.85. The fourth-order valence-electron chi connectivity index (χ4n) is 2.38. The molecule has 0 aromatic heterocycles. The molecule has 1 aliphatic heterocycles. The van der Waals surface area contributed by atoms with Crippen molar-refractivity contribution >= 4 is 23.1 Å². The lowest BCUT2D eigenvalue weighted by Gasteiger charge is -2.46. The van der Waals surface area contributed by atoms with Crippen molar-refractivity contribution in [3.63, 3.8) is 0 Å². The zero-order valence-corrected chi connectivity index (χ0v) is 12.5. The summed E-state index contributed by atoms with van der Waals surface area (Å²) in [6.07, 6.45) is 0. The molecule has 104 valence electrons. The van der Waals surface area contributed by atoms with Gasteiger partial charge < -0.3 is 10.6 Å². The second kappa shape index (κ2) is 5.02. The summed E-state index contributed by atoms with van der Waals surface area (Å²) >= 11 is 6.33. The molecule has 1 aliphatic rings. The summed E-state index contributed by atoms with van der Waals surface area (Å²) in [6, 6.07) is 5.58. The molecule has 0 radical (unpaired) electrons. The maximum atomic E-state index is 7.44. The molecule has 0 bridgehead atoms. The Hall–Kier alpha value is -1.26. The highest BCUT2D eigenvalue weighted by Crippen LogP contribution is 2.30. The van der Waals surface area contributed by atoms with Crippen LogP contribution in [-0.4, -0.2) is 43.0 Å². The van der Waals surface area contributed by atoms with Gasteiger partial charge in [-0.15, -0.1) is 0 Å². The highest BCUT2D eigenvalue weighted by atomic mass is 35.5. The molecule has 1 heterocycles. The summed E-state index contributed by atoms with van der Waals surface area (Å²) in [4.78, 5) is 4.66. The van der Waals surface area contributed by atoms with Gasteiger partial charge in [-0.25, -0.2) is 0 Å². The summed E-state index contributed by atoms with van der Waals surface area (Å²) in [5.74, 6) is 0.0483. The molecule has 2 rings (SSSR count). The van der Waals surface area contributed by atoms with E-state index in [1.165, 1.54) is 0 Å². The smallest absolute Gasteiger partial charge is 0.122 e. The zero-order valence-electron chi connectivity index (χ0n) is 11.7. The molecule has 0 aliphatic carbocycles. The maximum absolute atomic E-state index is 7.44. The van der Waals surface area contributed by atoms with Crippen LogP contribution in [0.15, 0.2) is 18.2 Å². The lowest BCUT2D eigenvalue weighted by atomic mass is 9.99. The molecule has 19 heavy (non-hydrogen) atoms. The number of nitrogens with one attached hydrogen (secondary N) is 1. The third-order valence-electron chi connectivity index (χ3n) is 3.92. The summed E-state index contributed by atoms with van der Waals surface area (Å²) in [7, 11) is 2.15. The minimum Gasteiger partial charge on any atom is -0.384 e. The van der Waals surface area contributed by atoms with Gasteiger partial charge in [0.15, 0.2) is 0 Å². The minimum atomic E-state index is 0.0483. The molecule has 0 unspecified atom stereocenters. The minimum absolute atomic E-state index is 0.0483. The number of benzene rings is 1. The second-order valence-corrected chi connectivity index (χ2v) is 6.14. The van der Waals surface area contributed by atoms with Crippen LogP contribution >= 0.6 is 11.6 Å². The van der Waals surface area contributed by atoms with Gasteiger partial charge in [0.05, 0.1) is 10.7 Å². The third-order valence-corrected chi connectivity index (χ3v) is 4.22. The first-order valence-electron chi connectivity index (χ1n) is 6.41. The van der Waals surface area contributed by atoms with Crippen LogP contribution in [0.1, 0.15) is 19.4 Å². The number of anilines is 1. The number of piperazine rings is 1. The van der Waals surface area contributed by atoms with Gasteiger partial charge in [-0.05, 0) is 39.1 Å². The van der Waals surface area contributed by atoms with E-state index in [4.69, 9.17) is 22.7 Å². The monoisotopic (exact) mass is 280 g/mol. The van der Waals surface area contributed by atoms with Gasteiger partial charge in [0.2, 0.25) is 0 Å². The Morgan fingerprint density at radius 1 is 1.37 bits per heavy atom. The fraction of sp³-hybridized carbons (Fsp3) is 0.500. The summed E-state index contributed by atoms with van der Waals surface area (Å²) in [6.45, 7) is 7.37. The molecule has 1 saturated heterocycles. The molecule has 3 N–H and O–H groups in total. The molecule has 1 aromatic carbocycles. The Bertz CT molecular complexity index is 498. The van der Waals surface area contributed by atoms with Gasteiger partial charge in [-0.3, -0.25) is 10.3 Å². The van der Waals surface area contributed by atoms with Crippen LogP contribution in [0.5, 0.6) is 0 Å². The van der Waals surface area contributed by atoms with E-state index in [0.29, 0.717) is 10.6 Å². The summed E-state index contributed by atoms with van der Waals surface area (Å²) in [5.41, 5.74) is 7.29. The molecule has 0 spiro atoms. The standard InChI is InChI=1S/C14H21ClN4/c1-14(2)9-19(7-6-18(14)3)12-5-4-10(13(16)17)8-11(12)15/h4-5,8H,6-7,9H2,1-3H3,(H3,16,17). The van der Waals surface area contributed by atoms with E-state index in [-0.39, 0.29) is 11.4 Å². The van der Waals surface area contributed by atoms with Gasteiger partial charge in [0.25, 0.3) is 0 Å². The predicted octanol–water partition coefficient (Wildman–Crippen LogP) is 2.15. The van der Waals surface area contributed by atoms with Crippen LogP contribution < -0.4 is 10.6 Å². The molecule has 0 saturated carbocycles. The molecule has 1 fully saturated rings. The first-order chi connectivity index (χ1) is 8.81. The highest BCUT2D eigenvalue weighted by molar-refractivity contribution is 6.33. The van der Waals surface area contributed by atoms with Crippen LogP contribution in [0, 0.1) is 5.41 Å². The van der Waals surface area contributed by atoms with Gasteiger partial charge in [0, 0.05) is 30.7 Å². The number of nitrogen functional groups attached to an aromatic ring is 1. The first kappa shape index (κ1) is 14.2. The Morgan fingerprint density at radius 3 is 2.58 bits per heavy atom. The van der Waals surface area contributed by atoms with E-state index in [2.05, 4.69) is 30.7 Å². The SMILES string of the molecule is CN1CCN(c2ccc(C(=N)N)cc2Cl)CC1(C)C. The molecule has 1 aromatic rings. The number of hydrogen-bond donors (Lipinski definition) is 2. The second-order valence-electron chi connectivity index (χ2n) is 5.74. The van der Waals surface area contributed by atoms with Crippen LogP contribution in [-0.2, 0) is 0 Å². The predicted molar refractivity (Wildman–Crippen MR) is 81.4 cm³/mol. The van der Waals surface area contributed by atoms with E-state index < -0.39 is 0 Å². The number of hydrogen-bond acceptors (Lipinski definition) is 3. The maximum Gasteiger partial charge on any atom is 0.122 e. The van der Waals surface area contributed by atoms with Gasteiger partial charge in [-0.1, -0.05) is 11.6 Å². The van der Waals surface area contributed by atoms with Gasteiger partial charge >= 0.3 is 0 Å². The van der Waals surface area contributed by atoms with Crippen molar-refractivity contribution in [1.82, 2.24) is 4.90 Å². The number of halogens is 1.